The number of hydrogen-bond acceptors (Lipinski definition) is 0. The molecule has 128 valence electrons. The van der Waals surface area contributed by atoms with Gasteiger partial charge in [-0.15, -0.1) is 0 Å². The average molecular weight is 409 g/mol. The molecule has 0 bridgehead atoms. The van der Waals surface area contributed by atoms with Gasteiger partial charge in [0.15, 0.2) is 0 Å². The lowest BCUT2D eigenvalue weighted by molar-refractivity contribution is 0.931. The number of benzene rings is 4. The summed E-state index contributed by atoms with van der Waals surface area (Å²) in [5.41, 5.74) is 6.93. The molecule has 6 rings (SSSR count). The van der Waals surface area contributed by atoms with Crippen LogP contribution in [0.2, 0.25) is 0 Å². The van der Waals surface area contributed by atoms with Crippen LogP contribution in [0.4, 0.5) is 0 Å². The maximum Gasteiger partial charge on any atom is 0.0181 e. The third-order valence-corrected chi connectivity index (χ3v) is 6.50. The smallest absolute Gasteiger partial charge is 0.0181 e. The van der Waals surface area contributed by atoms with Crippen molar-refractivity contribution < 1.29 is 0 Å². The molecule has 0 saturated heterocycles. The van der Waals surface area contributed by atoms with Crippen molar-refractivity contribution in [3.63, 3.8) is 0 Å². The predicted molar refractivity (Wildman–Crippen MR) is 118 cm³/mol. The van der Waals surface area contributed by atoms with Crippen molar-refractivity contribution in [2.75, 3.05) is 0 Å². The Morgan fingerprint density at radius 1 is 0.704 bits per heavy atom. The molecule has 0 saturated carbocycles. The van der Waals surface area contributed by atoms with Gasteiger partial charge in [-0.3, -0.25) is 0 Å². The SMILES string of the molecule is Brc1ccc2c(c1)=CCC(c1ccc3c4c(cccc14)-c1ccccc1-3)C=2. The highest BCUT2D eigenvalue weighted by Gasteiger charge is 2.23. The lowest BCUT2D eigenvalue weighted by Gasteiger charge is -2.18. The summed E-state index contributed by atoms with van der Waals surface area (Å²) in [7, 11) is 0. The first-order valence-electron chi connectivity index (χ1n) is 9.42. The first-order valence-corrected chi connectivity index (χ1v) is 10.2. The van der Waals surface area contributed by atoms with Crippen LogP contribution in [-0.4, -0.2) is 0 Å². The van der Waals surface area contributed by atoms with Crippen LogP contribution in [0, 0.1) is 0 Å². The highest BCUT2D eigenvalue weighted by atomic mass is 79.9. The van der Waals surface area contributed by atoms with E-state index in [4.69, 9.17) is 0 Å². The zero-order valence-corrected chi connectivity index (χ0v) is 16.3. The molecule has 0 fully saturated rings. The Bertz CT molecular complexity index is 1330. The van der Waals surface area contributed by atoms with Gasteiger partial charge in [0.1, 0.15) is 0 Å². The van der Waals surface area contributed by atoms with E-state index >= 15 is 0 Å². The fourth-order valence-corrected chi connectivity index (χ4v) is 5.16. The molecule has 0 amide bonds. The Balaban J connectivity index is 1.59. The molecular weight excluding hydrogens is 392 g/mol. The van der Waals surface area contributed by atoms with Crippen LogP contribution in [0.25, 0.3) is 45.2 Å². The monoisotopic (exact) mass is 408 g/mol. The maximum atomic E-state index is 3.59. The number of halogens is 1. The van der Waals surface area contributed by atoms with E-state index in [1.807, 2.05) is 0 Å². The first kappa shape index (κ1) is 15.4. The second-order valence-corrected chi connectivity index (χ2v) is 8.38. The molecule has 1 atom stereocenters. The molecule has 0 heterocycles. The lowest BCUT2D eigenvalue weighted by atomic mass is 9.86. The topological polar surface area (TPSA) is 0 Å². The van der Waals surface area contributed by atoms with Gasteiger partial charge in [0.05, 0.1) is 0 Å². The molecule has 0 spiro atoms. The van der Waals surface area contributed by atoms with Crippen molar-refractivity contribution in [2.24, 2.45) is 0 Å². The van der Waals surface area contributed by atoms with Gasteiger partial charge in [0, 0.05) is 10.4 Å². The van der Waals surface area contributed by atoms with E-state index in [1.54, 1.807) is 0 Å². The first-order chi connectivity index (χ1) is 13.3. The molecule has 0 aliphatic heterocycles. The van der Waals surface area contributed by atoms with Gasteiger partial charge in [0.25, 0.3) is 0 Å². The summed E-state index contributed by atoms with van der Waals surface area (Å²) in [6.07, 6.45) is 5.87. The quantitative estimate of drug-likeness (QED) is 0.319. The van der Waals surface area contributed by atoms with Crippen LogP contribution in [0.3, 0.4) is 0 Å². The van der Waals surface area contributed by atoms with Crippen LogP contribution >= 0.6 is 15.9 Å². The Morgan fingerprint density at radius 3 is 2.33 bits per heavy atom. The fraction of sp³-hybridized carbons (Fsp3) is 0.0769. The van der Waals surface area contributed by atoms with Crippen LogP contribution in [0.15, 0.2) is 77.3 Å². The van der Waals surface area contributed by atoms with Gasteiger partial charge < -0.3 is 0 Å². The van der Waals surface area contributed by atoms with Crippen molar-refractivity contribution >= 4 is 38.9 Å². The van der Waals surface area contributed by atoms with E-state index in [-0.39, 0.29) is 0 Å². The molecule has 2 aliphatic rings. The molecule has 0 nitrogen and oxygen atoms in total. The van der Waals surface area contributed by atoms with Gasteiger partial charge in [-0.2, -0.15) is 0 Å². The van der Waals surface area contributed by atoms with Gasteiger partial charge in [0.2, 0.25) is 0 Å². The summed E-state index contributed by atoms with van der Waals surface area (Å²) in [5, 5.41) is 5.49. The summed E-state index contributed by atoms with van der Waals surface area (Å²) < 4.78 is 1.15. The minimum absolute atomic E-state index is 0.423. The summed E-state index contributed by atoms with van der Waals surface area (Å²) in [5.74, 6) is 0.423. The lowest BCUT2D eigenvalue weighted by Crippen LogP contribution is -2.28. The van der Waals surface area contributed by atoms with Crippen molar-refractivity contribution in [3.05, 3.63) is 93.3 Å². The van der Waals surface area contributed by atoms with Crippen LogP contribution < -0.4 is 10.4 Å². The Kier molecular flexibility index (Phi) is 3.24. The van der Waals surface area contributed by atoms with Crippen molar-refractivity contribution in [2.45, 2.75) is 12.3 Å². The molecule has 4 aromatic rings. The van der Waals surface area contributed by atoms with E-state index in [2.05, 4.69) is 101 Å². The normalized spacial score (nSPS) is 16.4. The Labute approximate surface area is 166 Å². The molecule has 1 unspecified atom stereocenters. The second-order valence-electron chi connectivity index (χ2n) is 7.46. The van der Waals surface area contributed by atoms with Gasteiger partial charge >= 0.3 is 0 Å². The fourth-order valence-electron chi connectivity index (χ4n) is 4.78. The van der Waals surface area contributed by atoms with Crippen molar-refractivity contribution in [1.29, 1.82) is 0 Å². The zero-order valence-electron chi connectivity index (χ0n) is 14.7. The third kappa shape index (κ3) is 2.22. The van der Waals surface area contributed by atoms with Gasteiger partial charge in [-0.25, -0.2) is 0 Å². The molecule has 0 N–H and O–H groups in total. The van der Waals surface area contributed by atoms with E-state index < -0.39 is 0 Å². The van der Waals surface area contributed by atoms with Crippen LogP contribution in [0.5, 0.6) is 0 Å². The molecule has 0 radical (unpaired) electrons. The number of fused-ring (bicyclic) bond motifs is 4. The van der Waals surface area contributed by atoms with Crippen molar-refractivity contribution in [3.8, 4) is 22.3 Å². The van der Waals surface area contributed by atoms with E-state index in [0.717, 1.165) is 10.9 Å². The number of hydrogen-bond donors (Lipinski definition) is 0. The van der Waals surface area contributed by atoms with Gasteiger partial charge in [-0.1, -0.05) is 88.7 Å². The molecule has 27 heavy (non-hydrogen) atoms. The summed E-state index contributed by atoms with van der Waals surface area (Å²) in [6.45, 7) is 0. The standard InChI is InChI=1S/C26H17Br/c27-19-11-10-16-14-18(9-8-17(16)15-19)20-12-13-25-22-5-2-1-4-21(22)24-7-3-6-23(20)26(24)25/h1-8,10-15,18H,9H2. The zero-order chi connectivity index (χ0) is 18.0. The molecule has 2 aliphatic carbocycles. The second kappa shape index (κ2) is 5.68. The van der Waals surface area contributed by atoms with E-state index in [0.29, 0.717) is 5.92 Å². The molecular formula is C26H17Br. The largest absolute Gasteiger partial charge is 0.0757 e. The summed E-state index contributed by atoms with van der Waals surface area (Å²) >= 11 is 3.59. The third-order valence-electron chi connectivity index (χ3n) is 6.00. The van der Waals surface area contributed by atoms with Crippen molar-refractivity contribution in [1.82, 2.24) is 0 Å². The van der Waals surface area contributed by atoms with Crippen LogP contribution in [-0.2, 0) is 0 Å². The summed E-state index contributed by atoms with van der Waals surface area (Å²) in [6, 6.07) is 26.8. The van der Waals surface area contributed by atoms with E-state index in [1.165, 1.54) is 49.0 Å². The molecule has 0 aromatic heterocycles. The predicted octanol–water partition coefficient (Wildman–Crippen LogP) is 6.00. The highest BCUT2D eigenvalue weighted by molar-refractivity contribution is 9.10. The average Bonchev–Trinajstić information content (AvgIpc) is 3.04. The van der Waals surface area contributed by atoms with E-state index in [9.17, 15) is 0 Å². The Morgan fingerprint density at radius 2 is 1.48 bits per heavy atom. The minimum atomic E-state index is 0.423. The molecule has 4 aromatic carbocycles. The Hall–Kier alpha value is -2.64. The summed E-state index contributed by atoms with van der Waals surface area (Å²) in [4.78, 5) is 0. The maximum absolute atomic E-state index is 3.59. The molecule has 1 heteroatoms. The number of rotatable bonds is 1. The van der Waals surface area contributed by atoms with Crippen LogP contribution in [0.1, 0.15) is 17.9 Å². The minimum Gasteiger partial charge on any atom is -0.0757 e. The highest BCUT2D eigenvalue weighted by Crippen LogP contribution is 2.48. The van der Waals surface area contributed by atoms with Gasteiger partial charge in [-0.05, 0) is 67.6 Å².